The van der Waals surface area contributed by atoms with Crippen LogP contribution in [0.4, 0.5) is 4.39 Å². The number of halogens is 1. The third-order valence-corrected chi connectivity index (χ3v) is 3.09. The minimum Gasteiger partial charge on any atom is -0.504 e. The highest BCUT2D eigenvalue weighted by Crippen LogP contribution is 2.31. The van der Waals surface area contributed by atoms with E-state index in [4.69, 9.17) is 10.4 Å². The molecule has 0 radical (unpaired) electrons. The minimum absolute atomic E-state index is 0.148. The van der Waals surface area contributed by atoms with Gasteiger partial charge in [-0.3, -0.25) is 4.79 Å². The Hall–Kier alpha value is -2.13. The van der Waals surface area contributed by atoms with Gasteiger partial charge >= 0.3 is 5.97 Å². The summed E-state index contributed by atoms with van der Waals surface area (Å²) < 4.78 is 13.4. The second-order valence-corrected chi connectivity index (χ2v) is 4.24. The van der Waals surface area contributed by atoms with E-state index >= 15 is 0 Å². The van der Waals surface area contributed by atoms with Crippen molar-refractivity contribution in [2.24, 2.45) is 5.92 Å². The van der Waals surface area contributed by atoms with Gasteiger partial charge in [0.2, 0.25) is 0 Å². The van der Waals surface area contributed by atoms with E-state index in [0.717, 1.165) is 6.07 Å². The summed E-state index contributed by atoms with van der Waals surface area (Å²) in [4.78, 5) is 10.8. The zero-order valence-electron chi connectivity index (χ0n) is 9.35. The predicted octanol–water partition coefficient (Wildman–Crippen LogP) is 1.14. The van der Waals surface area contributed by atoms with Gasteiger partial charge in [0.15, 0.2) is 11.6 Å². The molecule has 18 heavy (non-hydrogen) atoms. The number of hydrogen-bond donors (Lipinski definition) is 3. The average Bonchev–Trinajstić information content (AvgIpc) is 2.82. The van der Waals surface area contributed by atoms with Gasteiger partial charge in [0.05, 0.1) is 11.5 Å². The quantitative estimate of drug-likeness (QED) is 0.731. The lowest BCUT2D eigenvalue weighted by atomic mass is 9.98. The number of benzene rings is 1. The number of phenolic OH excluding ortho intramolecular Hbond substituents is 1. The average molecular weight is 250 g/mol. The molecule has 2 unspecified atom stereocenters. The van der Waals surface area contributed by atoms with Gasteiger partial charge in [-0.25, -0.2) is 4.39 Å². The van der Waals surface area contributed by atoms with Crippen molar-refractivity contribution in [2.45, 2.75) is 12.5 Å². The summed E-state index contributed by atoms with van der Waals surface area (Å²) >= 11 is 0. The van der Waals surface area contributed by atoms with Gasteiger partial charge in [-0.1, -0.05) is 0 Å². The fraction of sp³-hybridized carbons (Fsp3) is 0.333. The van der Waals surface area contributed by atoms with Crippen LogP contribution in [-0.2, 0) is 4.79 Å². The Bertz CT molecular complexity index is 539. The van der Waals surface area contributed by atoms with Crippen LogP contribution in [0.15, 0.2) is 12.1 Å². The molecule has 1 saturated heterocycles. The number of aromatic hydroxyl groups is 1. The number of carboxylic acids is 1. The van der Waals surface area contributed by atoms with E-state index in [0.29, 0.717) is 18.5 Å². The Morgan fingerprint density at radius 1 is 1.56 bits per heavy atom. The van der Waals surface area contributed by atoms with Crippen molar-refractivity contribution in [2.75, 3.05) is 6.54 Å². The number of nitriles is 1. The molecule has 1 aliphatic rings. The predicted molar refractivity (Wildman–Crippen MR) is 59.3 cm³/mol. The van der Waals surface area contributed by atoms with Crippen molar-refractivity contribution >= 4 is 5.97 Å². The van der Waals surface area contributed by atoms with Crippen LogP contribution in [0, 0.1) is 23.1 Å². The monoisotopic (exact) mass is 250 g/mol. The van der Waals surface area contributed by atoms with Gasteiger partial charge in [0.1, 0.15) is 6.07 Å². The Morgan fingerprint density at radius 3 is 2.83 bits per heavy atom. The number of nitrogens with one attached hydrogen (secondary N) is 1. The highest BCUT2D eigenvalue weighted by atomic mass is 19.1. The van der Waals surface area contributed by atoms with Crippen LogP contribution in [-0.4, -0.2) is 22.7 Å². The molecule has 2 rings (SSSR count). The van der Waals surface area contributed by atoms with E-state index in [2.05, 4.69) is 5.32 Å². The molecule has 1 aromatic carbocycles. The summed E-state index contributed by atoms with van der Waals surface area (Å²) in [6, 6.07) is 3.89. The molecule has 94 valence electrons. The zero-order chi connectivity index (χ0) is 13.3. The molecule has 2 atom stereocenters. The molecule has 1 heterocycles. The van der Waals surface area contributed by atoms with Crippen LogP contribution in [0.25, 0.3) is 0 Å². The molecule has 0 spiro atoms. The van der Waals surface area contributed by atoms with Crippen LogP contribution in [0.5, 0.6) is 5.75 Å². The van der Waals surface area contributed by atoms with E-state index in [-0.39, 0.29) is 11.6 Å². The summed E-state index contributed by atoms with van der Waals surface area (Å²) in [5, 5.41) is 29.9. The molecule has 5 nitrogen and oxygen atoms in total. The van der Waals surface area contributed by atoms with Crippen molar-refractivity contribution in [1.82, 2.24) is 5.32 Å². The number of phenols is 1. The largest absolute Gasteiger partial charge is 0.504 e. The smallest absolute Gasteiger partial charge is 0.307 e. The molecule has 1 aliphatic heterocycles. The van der Waals surface area contributed by atoms with E-state index in [9.17, 15) is 14.3 Å². The van der Waals surface area contributed by atoms with E-state index < -0.39 is 23.5 Å². The lowest BCUT2D eigenvalue weighted by molar-refractivity contribution is -0.141. The van der Waals surface area contributed by atoms with Crippen LogP contribution in [0.3, 0.4) is 0 Å². The van der Waals surface area contributed by atoms with Crippen LogP contribution in [0.2, 0.25) is 0 Å². The van der Waals surface area contributed by atoms with Crippen molar-refractivity contribution in [1.29, 1.82) is 5.26 Å². The van der Waals surface area contributed by atoms with E-state index in [1.165, 1.54) is 6.07 Å². The topological polar surface area (TPSA) is 93.4 Å². The fourth-order valence-electron chi connectivity index (χ4n) is 2.08. The van der Waals surface area contributed by atoms with Gasteiger partial charge in [0, 0.05) is 12.6 Å². The molecular weight excluding hydrogens is 239 g/mol. The summed E-state index contributed by atoms with van der Waals surface area (Å²) in [7, 11) is 0. The lowest BCUT2D eigenvalue weighted by Crippen LogP contribution is -2.17. The Morgan fingerprint density at radius 2 is 2.28 bits per heavy atom. The first-order valence-electron chi connectivity index (χ1n) is 5.41. The number of carbonyl (C=O) groups is 1. The summed E-state index contributed by atoms with van der Waals surface area (Å²) in [6.45, 7) is 0.310. The lowest BCUT2D eigenvalue weighted by Gasteiger charge is -2.12. The molecule has 0 saturated carbocycles. The molecule has 1 aromatic rings. The third kappa shape index (κ3) is 2.13. The van der Waals surface area contributed by atoms with Crippen molar-refractivity contribution < 1.29 is 19.4 Å². The fourth-order valence-corrected chi connectivity index (χ4v) is 2.08. The second kappa shape index (κ2) is 4.63. The first-order valence-corrected chi connectivity index (χ1v) is 5.41. The Kier molecular flexibility index (Phi) is 3.17. The first kappa shape index (κ1) is 12.3. The first-order chi connectivity index (χ1) is 8.52. The standard InChI is InChI=1S/C12H11FN2O3/c13-9-2-6(1-7(4-14)11(9)16)10-3-8(5-15-10)12(17)18/h1-2,8,10,15-16H,3,5H2,(H,17,18). The molecule has 0 aromatic heterocycles. The van der Waals surface area contributed by atoms with Crippen LogP contribution < -0.4 is 5.32 Å². The van der Waals surface area contributed by atoms with E-state index in [1.54, 1.807) is 6.07 Å². The van der Waals surface area contributed by atoms with Crippen molar-refractivity contribution in [3.8, 4) is 11.8 Å². The number of rotatable bonds is 2. The van der Waals surface area contributed by atoms with Crippen LogP contribution >= 0.6 is 0 Å². The van der Waals surface area contributed by atoms with Gasteiger partial charge < -0.3 is 15.5 Å². The van der Waals surface area contributed by atoms with Gasteiger partial charge in [-0.15, -0.1) is 0 Å². The molecule has 1 fully saturated rings. The molecule has 3 N–H and O–H groups in total. The molecule has 6 heteroatoms. The molecule has 0 aliphatic carbocycles. The Balaban J connectivity index is 2.28. The molecular formula is C12H11FN2O3. The maximum atomic E-state index is 13.4. The summed E-state index contributed by atoms with van der Waals surface area (Å²) in [5.74, 6) is -2.96. The van der Waals surface area contributed by atoms with Crippen molar-refractivity contribution in [3.05, 3.63) is 29.1 Å². The SMILES string of the molecule is N#Cc1cc(C2CC(C(=O)O)CN2)cc(F)c1O. The molecule has 0 amide bonds. The number of carboxylic acid groups (broad SMARTS) is 1. The molecule has 0 bridgehead atoms. The number of hydrogen-bond acceptors (Lipinski definition) is 4. The second-order valence-electron chi connectivity index (χ2n) is 4.24. The highest BCUT2D eigenvalue weighted by molar-refractivity contribution is 5.70. The van der Waals surface area contributed by atoms with Gasteiger partial charge in [-0.05, 0) is 24.1 Å². The maximum Gasteiger partial charge on any atom is 0.307 e. The van der Waals surface area contributed by atoms with Crippen molar-refractivity contribution in [3.63, 3.8) is 0 Å². The third-order valence-electron chi connectivity index (χ3n) is 3.09. The number of aliphatic carboxylic acids is 1. The van der Waals surface area contributed by atoms with E-state index in [1.807, 2.05) is 0 Å². The van der Waals surface area contributed by atoms with Gasteiger partial charge in [0.25, 0.3) is 0 Å². The maximum absolute atomic E-state index is 13.4. The normalized spacial score (nSPS) is 22.7. The Labute approximate surface area is 102 Å². The summed E-state index contributed by atoms with van der Waals surface area (Å²) in [5.41, 5.74) is 0.330. The highest BCUT2D eigenvalue weighted by Gasteiger charge is 2.30. The minimum atomic E-state index is -0.898. The summed E-state index contributed by atoms with van der Waals surface area (Å²) in [6.07, 6.45) is 0.338. The zero-order valence-corrected chi connectivity index (χ0v) is 9.35. The van der Waals surface area contributed by atoms with Crippen LogP contribution in [0.1, 0.15) is 23.6 Å². The number of nitrogens with zero attached hydrogens (tertiary/aromatic N) is 1. The van der Waals surface area contributed by atoms with Gasteiger partial charge in [-0.2, -0.15) is 5.26 Å².